The molecule has 0 radical (unpaired) electrons. The van der Waals surface area contributed by atoms with E-state index in [2.05, 4.69) is 15.9 Å². The van der Waals surface area contributed by atoms with E-state index >= 15 is 0 Å². The number of ketones is 2. The fourth-order valence-electron chi connectivity index (χ4n) is 4.56. The van der Waals surface area contributed by atoms with E-state index in [1.807, 2.05) is 30.3 Å². The molecule has 134 valence electrons. The molecule has 1 unspecified atom stereocenters. The van der Waals surface area contributed by atoms with Crippen molar-refractivity contribution in [3.05, 3.63) is 74.9 Å². The lowest BCUT2D eigenvalue weighted by molar-refractivity contribution is -0.116. The lowest BCUT2D eigenvalue weighted by atomic mass is 9.71. The predicted molar refractivity (Wildman–Crippen MR) is 105 cm³/mol. The van der Waals surface area contributed by atoms with E-state index in [1.165, 1.54) is 0 Å². The summed E-state index contributed by atoms with van der Waals surface area (Å²) in [7, 11) is 0. The predicted octanol–water partition coefficient (Wildman–Crippen LogP) is 4.56. The van der Waals surface area contributed by atoms with Crippen LogP contribution in [0.15, 0.2) is 63.2 Å². The standard InChI is InChI=1S/C22H16BrNO3/c23-11-8-9-16(25)14(10-11)18-19-15(6-3-7-17(19)26)24-21-12-4-1-2-5-13(12)22(27)20(18)21/h1-2,4-5,8-10,18,20,25H,3,6-7H2/t18-,20?/m1/s1. The van der Waals surface area contributed by atoms with Gasteiger partial charge in [-0.3, -0.25) is 14.6 Å². The second kappa shape index (κ2) is 5.99. The number of benzene rings is 2. The maximum atomic E-state index is 13.3. The minimum absolute atomic E-state index is 0.0290. The van der Waals surface area contributed by atoms with Crippen molar-refractivity contribution in [3.63, 3.8) is 0 Å². The van der Waals surface area contributed by atoms with E-state index in [0.717, 1.165) is 34.3 Å². The summed E-state index contributed by atoms with van der Waals surface area (Å²) in [5.41, 5.74) is 4.19. The highest BCUT2D eigenvalue weighted by Gasteiger charge is 2.49. The number of aliphatic imine (C=N–C) groups is 1. The van der Waals surface area contributed by atoms with Crippen molar-refractivity contribution in [2.24, 2.45) is 10.9 Å². The van der Waals surface area contributed by atoms with Crippen LogP contribution in [0.1, 0.15) is 46.7 Å². The topological polar surface area (TPSA) is 66.7 Å². The zero-order chi connectivity index (χ0) is 18.7. The van der Waals surface area contributed by atoms with Gasteiger partial charge in [0.1, 0.15) is 5.75 Å². The number of phenols is 1. The van der Waals surface area contributed by atoms with Crippen LogP contribution in [-0.2, 0) is 4.79 Å². The van der Waals surface area contributed by atoms with E-state index in [0.29, 0.717) is 23.1 Å². The van der Waals surface area contributed by atoms with Gasteiger partial charge in [0.25, 0.3) is 0 Å². The Morgan fingerprint density at radius 3 is 2.59 bits per heavy atom. The Kier molecular flexibility index (Phi) is 3.69. The molecular weight excluding hydrogens is 406 g/mol. The van der Waals surface area contributed by atoms with Gasteiger partial charge in [0.15, 0.2) is 11.6 Å². The van der Waals surface area contributed by atoms with Gasteiger partial charge in [0.05, 0.1) is 11.6 Å². The first-order valence-corrected chi connectivity index (χ1v) is 9.82. The quantitative estimate of drug-likeness (QED) is 0.733. The van der Waals surface area contributed by atoms with Crippen molar-refractivity contribution in [3.8, 4) is 5.75 Å². The van der Waals surface area contributed by atoms with E-state index in [4.69, 9.17) is 4.99 Å². The summed E-state index contributed by atoms with van der Waals surface area (Å²) in [5.74, 6) is -0.967. The van der Waals surface area contributed by atoms with Crippen LogP contribution in [-0.4, -0.2) is 22.4 Å². The maximum Gasteiger partial charge on any atom is 0.173 e. The third-order valence-electron chi connectivity index (χ3n) is 5.70. The average Bonchev–Trinajstić information content (AvgIpc) is 2.95. The van der Waals surface area contributed by atoms with Gasteiger partial charge in [-0.25, -0.2) is 0 Å². The van der Waals surface area contributed by atoms with Gasteiger partial charge in [-0.2, -0.15) is 0 Å². The third-order valence-corrected chi connectivity index (χ3v) is 6.19. The molecule has 0 aromatic heterocycles. The summed E-state index contributed by atoms with van der Waals surface area (Å²) in [4.78, 5) is 30.9. The zero-order valence-electron chi connectivity index (χ0n) is 14.4. The number of fused-ring (bicyclic) bond motifs is 3. The molecule has 2 aromatic carbocycles. The first kappa shape index (κ1) is 16.6. The number of hydrogen-bond acceptors (Lipinski definition) is 4. The van der Waals surface area contributed by atoms with Crippen LogP contribution in [0.5, 0.6) is 5.75 Å². The molecule has 1 N–H and O–H groups in total. The van der Waals surface area contributed by atoms with Crippen molar-refractivity contribution in [2.45, 2.75) is 25.2 Å². The number of carbonyl (C=O) groups excluding carboxylic acids is 2. The number of allylic oxidation sites excluding steroid dienone is 2. The summed E-state index contributed by atoms with van der Waals surface area (Å²) < 4.78 is 0.799. The Hall–Kier alpha value is -2.53. The minimum atomic E-state index is -0.566. The number of phenolic OH excluding ortho intramolecular Hbond substituents is 1. The van der Waals surface area contributed by atoms with Gasteiger partial charge in [0.2, 0.25) is 0 Å². The highest BCUT2D eigenvalue weighted by molar-refractivity contribution is 9.10. The maximum absolute atomic E-state index is 13.3. The molecule has 5 heteroatoms. The van der Waals surface area contributed by atoms with Crippen LogP contribution in [0, 0.1) is 5.92 Å². The van der Waals surface area contributed by atoms with Crippen LogP contribution >= 0.6 is 15.9 Å². The second-order valence-corrected chi connectivity index (χ2v) is 8.12. The lowest BCUT2D eigenvalue weighted by Crippen LogP contribution is -2.33. The highest BCUT2D eigenvalue weighted by atomic mass is 79.9. The van der Waals surface area contributed by atoms with Crippen molar-refractivity contribution in [2.75, 3.05) is 0 Å². The molecule has 1 heterocycles. The normalized spacial score (nSPS) is 23.7. The Labute approximate surface area is 164 Å². The first-order chi connectivity index (χ1) is 13.1. The van der Waals surface area contributed by atoms with Gasteiger partial charge in [-0.15, -0.1) is 0 Å². The lowest BCUT2D eigenvalue weighted by Gasteiger charge is -2.33. The Morgan fingerprint density at radius 2 is 1.78 bits per heavy atom. The second-order valence-electron chi connectivity index (χ2n) is 7.20. The molecular formula is C22H16BrNO3. The van der Waals surface area contributed by atoms with Crippen molar-refractivity contribution >= 4 is 33.2 Å². The van der Waals surface area contributed by atoms with Crippen LogP contribution in [0.2, 0.25) is 0 Å². The Balaban J connectivity index is 1.80. The molecule has 5 rings (SSSR count). The smallest absolute Gasteiger partial charge is 0.173 e. The largest absolute Gasteiger partial charge is 0.508 e. The fourth-order valence-corrected chi connectivity index (χ4v) is 4.94. The summed E-state index contributed by atoms with van der Waals surface area (Å²) in [6.07, 6.45) is 1.95. The van der Waals surface area contributed by atoms with Gasteiger partial charge in [0, 0.05) is 44.8 Å². The molecule has 27 heavy (non-hydrogen) atoms. The molecule has 0 saturated carbocycles. The van der Waals surface area contributed by atoms with Gasteiger partial charge in [-0.1, -0.05) is 40.2 Å². The Bertz CT molecular complexity index is 1080. The van der Waals surface area contributed by atoms with Crippen LogP contribution in [0.3, 0.4) is 0 Å². The number of aromatic hydroxyl groups is 1. The summed E-state index contributed by atoms with van der Waals surface area (Å²) >= 11 is 3.45. The molecule has 3 aliphatic rings. The molecule has 1 aliphatic heterocycles. The van der Waals surface area contributed by atoms with Crippen LogP contribution in [0.4, 0.5) is 0 Å². The average molecular weight is 422 g/mol. The highest BCUT2D eigenvalue weighted by Crippen LogP contribution is 2.50. The SMILES string of the molecule is O=C1CCCC2=C1[C@@H](c1cc(Br)ccc1O)C1C(=O)c3ccccc3C1=N2. The number of carbonyl (C=O) groups is 2. The van der Waals surface area contributed by atoms with E-state index in [-0.39, 0.29) is 17.3 Å². The summed E-state index contributed by atoms with van der Waals surface area (Å²) in [5, 5.41) is 10.6. The van der Waals surface area contributed by atoms with E-state index in [1.54, 1.807) is 12.1 Å². The molecule has 0 fully saturated rings. The van der Waals surface area contributed by atoms with Gasteiger partial charge < -0.3 is 5.11 Å². The van der Waals surface area contributed by atoms with Crippen molar-refractivity contribution < 1.29 is 14.7 Å². The van der Waals surface area contributed by atoms with Crippen LogP contribution < -0.4 is 0 Å². The van der Waals surface area contributed by atoms with E-state index in [9.17, 15) is 14.7 Å². The number of hydrogen-bond donors (Lipinski definition) is 1. The van der Waals surface area contributed by atoms with Gasteiger partial charge in [-0.05, 0) is 31.0 Å². The van der Waals surface area contributed by atoms with Crippen molar-refractivity contribution in [1.29, 1.82) is 0 Å². The fraction of sp³-hybridized carbons (Fsp3) is 0.227. The number of nitrogens with zero attached hydrogens (tertiary/aromatic N) is 1. The summed E-state index contributed by atoms with van der Waals surface area (Å²) in [6, 6.07) is 12.6. The molecule has 0 amide bonds. The molecule has 2 aromatic rings. The minimum Gasteiger partial charge on any atom is -0.508 e. The molecule has 0 saturated heterocycles. The van der Waals surface area contributed by atoms with Crippen molar-refractivity contribution in [1.82, 2.24) is 0 Å². The third kappa shape index (κ3) is 2.38. The Morgan fingerprint density at radius 1 is 1.00 bits per heavy atom. The molecule has 4 nitrogen and oxygen atoms in total. The number of Topliss-reactive ketones (excluding diaryl/α,β-unsaturated/α-hetero) is 2. The number of halogens is 1. The summed E-state index contributed by atoms with van der Waals surface area (Å²) in [6.45, 7) is 0. The van der Waals surface area contributed by atoms with E-state index < -0.39 is 11.8 Å². The first-order valence-electron chi connectivity index (χ1n) is 9.03. The molecule has 2 aliphatic carbocycles. The molecule has 0 bridgehead atoms. The number of rotatable bonds is 1. The molecule has 0 spiro atoms. The van der Waals surface area contributed by atoms with Gasteiger partial charge >= 0.3 is 0 Å². The molecule has 2 atom stereocenters. The van der Waals surface area contributed by atoms with Crippen LogP contribution in [0.25, 0.3) is 0 Å². The zero-order valence-corrected chi connectivity index (χ0v) is 16.0. The monoisotopic (exact) mass is 421 g/mol.